The van der Waals surface area contributed by atoms with Crippen molar-refractivity contribution >= 4 is 33.2 Å². The Morgan fingerprint density at radius 1 is 1.33 bits per heavy atom. The van der Waals surface area contributed by atoms with Gasteiger partial charge in [0.05, 0.1) is 6.54 Å². The number of rotatable bonds is 6. The molecule has 0 aliphatic rings. The summed E-state index contributed by atoms with van der Waals surface area (Å²) in [5, 5.41) is 15.3. The van der Waals surface area contributed by atoms with Crippen LogP contribution in [0.5, 0.6) is 0 Å². The minimum Gasteiger partial charge on any atom is -0.384 e. The van der Waals surface area contributed by atoms with Crippen LogP contribution in [0.15, 0.2) is 46.3 Å². The van der Waals surface area contributed by atoms with Gasteiger partial charge in [-0.3, -0.25) is 4.79 Å². The average molecular weight is 368 g/mol. The Kier molecular flexibility index (Phi) is 5.56. The Morgan fingerprint density at radius 3 is 2.67 bits per heavy atom. The summed E-state index contributed by atoms with van der Waals surface area (Å²) in [5.74, 6) is -0.0409. The van der Waals surface area contributed by atoms with Gasteiger partial charge in [-0.05, 0) is 42.5 Å². The third kappa shape index (κ3) is 4.95. The third-order valence-electron chi connectivity index (χ3n) is 3.27. The molecular weight excluding hydrogens is 350 g/mol. The van der Waals surface area contributed by atoms with Gasteiger partial charge in [0.2, 0.25) is 5.91 Å². The van der Waals surface area contributed by atoms with E-state index in [0.717, 1.165) is 16.5 Å². The summed E-state index contributed by atoms with van der Waals surface area (Å²) in [6, 6.07) is 11.5. The Bertz CT molecular complexity index is 579. The normalized spacial score (nSPS) is 13.7. The van der Waals surface area contributed by atoms with Crippen molar-refractivity contribution in [1.82, 2.24) is 5.32 Å². The molecule has 1 aromatic carbocycles. The summed E-state index contributed by atoms with van der Waals surface area (Å²) in [6.07, 6.45) is 1.18. The lowest BCUT2D eigenvalue weighted by molar-refractivity contribution is -0.122. The molecule has 1 atom stereocenters. The van der Waals surface area contributed by atoms with Gasteiger partial charge in [-0.1, -0.05) is 34.1 Å². The average Bonchev–Trinajstić information content (AvgIpc) is 2.97. The maximum Gasteiger partial charge on any atom is 0.220 e. The molecule has 0 aliphatic carbocycles. The highest BCUT2D eigenvalue weighted by Crippen LogP contribution is 2.22. The summed E-state index contributed by atoms with van der Waals surface area (Å²) in [7, 11) is 0. The van der Waals surface area contributed by atoms with Gasteiger partial charge in [-0.15, -0.1) is 11.3 Å². The van der Waals surface area contributed by atoms with E-state index in [1.54, 1.807) is 18.3 Å². The second-order valence-electron chi connectivity index (χ2n) is 5.14. The fraction of sp³-hybridized carbons (Fsp3) is 0.312. The van der Waals surface area contributed by atoms with Crippen LogP contribution >= 0.6 is 27.3 Å². The van der Waals surface area contributed by atoms with Crippen molar-refractivity contribution < 1.29 is 9.90 Å². The SMILES string of the molecule is CC(O)(CNC(=O)CCc1cccs1)c1ccc(Br)cc1. The monoisotopic (exact) mass is 367 g/mol. The number of thiophene rings is 1. The molecule has 0 fully saturated rings. The Hall–Kier alpha value is -1.17. The number of aryl methyl sites for hydroxylation is 1. The lowest BCUT2D eigenvalue weighted by Crippen LogP contribution is -2.38. The molecule has 0 radical (unpaired) electrons. The maximum absolute atomic E-state index is 11.8. The quantitative estimate of drug-likeness (QED) is 0.820. The molecule has 21 heavy (non-hydrogen) atoms. The molecule has 5 heteroatoms. The van der Waals surface area contributed by atoms with E-state index < -0.39 is 5.60 Å². The highest BCUT2D eigenvalue weighted by Gasteiger charge is 2.23. The van der Waals surface area contributed by atoms with E-state index >= 15 is 0 Å². The van der Waals surface area contributed by atoms with Gasteiger partial charge < -0.3 is 10.4 Å². The number of carbonyl (C=O) groups is 1. The van der Waals surface area contributed by atoms with E-state index in [9.17, 15) is 9.90 Å². The van der Waals surface area contributed by atoms with Crippen LogP contribution in [0.4, 0.5) is 0 Å². The zero-order valence-corrected chi connectivity index (χ0v) is 14.2. The zero-order valence-electron chi connectivity index (χ0n) is 11.8. The van der Waals surface area contributed by atoms with Crippen molar-refractivity contribution in [2.24, 2.45) is 0 Å². The molecule has 0 saturated carbocycles. The highest BCUT2D eigenvalue weighted by molar-refractivity contribution is 9.10. The number of hydrogen-bond acceptors (Lipinski definition) is 3. The summed E-state index contributed by atoms with van der Waals surface area (Å²) in [5.41, 5.74) is -0.288. The predicted molar refractivity (Wildman–Crippen MR) is 89.4 cm³/mol. The van der Waals surface area contributed by atoms with E-state index in [1.807, 2.05) is 41.8 Å². The van der Waals surface area contributed by atoms with Crippen LogP contribution in [0.25, 0.3) is 0 Å². The molecule has 2 N–H and O–H groups in total. The largest absolute Gasteiger partial charge is 0.384 e. The molecule has 0 aliphatic heterocycles. The summed E-state index contributed by atoms with van der Waals surface area (Å²) in [6.45, 7) is 1.91. The molecule has 1 aromatic heterocycles. The summed E-state index contributed by atoms with van der Waals surface area (Å²) >= 11 is 5.02. The van der Waals surface area contributed by atoms with Gasteiger partial charge in [0.25, 0.3) is 0 Å². The highest BCUT2D eigenvalue weighted by atomic mass is 79.9. The molecule has 0 spiro atoms. The number of carbonyl (C=O) groups excluding carboxylic acids is 1. The molecular formula is C16H18BrNO2S. The van der Waals surface area contributed by atoms with Gasteiger partial charge in [0, 0.05) is 15.8 Å². The summed E-state index contributed by atoms with van der Waals surface area (Å²) < 4.78 is 0.960. The smallest absolute Gasteiger partial charge is 0.220 e. The third-order valence-corrected chi connectivity index (χ3v) is 4.74. The van der Waals surface area contributed by atoms with Gasteiger partial charge in [-0.2, -0.15) is 0 Å². The minimum absolute atomic E-state index is 0.0409. The maximum atomic E-state index is 11.8. The Morgan fingerprint density at radius 2 is 2.05 bits per heavy atom. The first-order chi connectivity index (χ1) is 9.97. The number of amides is 1. The van der Waals surface area contributed by atoms with Gasteiger partial charge in [0.1, 0.15) is 5.60 Å². The van der Waals surface area contributed by atoms with Crippen LogP contribution in [-0.4, -0.2) is 17.6 Å². The van der Waals surface area contributed by atoms with Crippen LogP contribution in [0, 0.1) is 0 Å². The van der Waals surface area contributed by atoms with Crippen molar-refractivity contribution in [3.8, 4) is 0 Å². The number of hydrogen-bond donors (Lipinski definition) is 2. The minimum atomic E-state index is -1.07. The Labute approximate surface area is 137 Å². The topological polar surface area (TPSA) is 49.3 Å². The first kappa shape index (κ1) is 16.2. The molecule has 2 rings (SSSR count). The Balaban J connectivity index is 1.83. The molecule has 1 amide bonds. The van der Waals surface area contributed by atoms with Crippen molar-refractivity contribution in [2.45, 2.75) is 25.4 Å². The van der Waals surface area contributed by atoms with Crippen molar-refractivity contribution in [3.05, 3.63) is 56.7 Å². The molecule has 0 bridgehead atoms. The molecule has 1 unspecified atom stereocenters. The van der Waals surface area contributed by atoms with E-state index in [0.29, 0.717) is 6.42 Å². The fourth-order valence-electron chi connectivity index (χ4n) is 1.96. The van der Waals surface area contributed by atoms with Gasteiger partial charge in [-0.25, -0.2) is 0 Å². The second-order valence-corrected chi connectivity index (χ2v) is 7.08. The predicted octanol–water partition coefficient (Wildman–Crippen LogP) is 3.47. The standard InChI is InChI=1S/C16H18BrNO2S/c1-16(20,12-4-6-13(17)7-5-12)11-18-15(19)9-8-14-3-2-10-21-14/h2-7,10,20H,8-9,11H2,1H3,(H,18,19). The van der Waals surface area contributed by atoms with Crippen LogP contribution in [0.1, 0.15) is 23.8 Å². The lowest BCUT2D eigenvalue weighted by Gasteiger charge is -2.24. The van der Waals surface area contributed by atoms with Crippen LogP contribution in [0.2, 0.25) is 0 Å². The van der Waals surface area contributed by atoms with Crippen LogP contribution in [-0.2, 0) is 16.8 Å². The number of nitrogens with one attached hydrogen (secondary N) is 1. The lowest BCUT2D eigenvalue weighted by atomic mass is 9.96. The van der Waals surface area contributed by atoms with E-state index in [-0.39, 0.29) is 12.5 Å². The first-order valence-electron chi connectivity index (χ1n) is 6.75. The molecule has 112 valence electrons. The van der Waals surface area contributed by atoms with Crippen LogP contribution in [0.3, 0.4) is 0 Å². The number of halogens is 1. The van der Waals surface area contributed by atoms with E-state index in [2.05, 4.69) is 21.2 Å². The van der Waals surface area contributed by atoms with Crippen LogP contribution < -0.4 is 5.32 Å². The van der Waals surface area contributed by atoms with E-state index in [1.165, 1.54) is 4.88 Å². The molecule has 2 aromatic rings. The molecule has 1 heterocycles. The molecule has 0 saturated heterocycles. The van der Waals surface area contributed by atoms with Gasteiger partial charge >= 0.3 is 0 Å². The fourth-order valence-corrected chi connectivity index (χ4v) is 2.93. The first-order valence-corrected chi connectivity index (χ1v) is 8.42. The zero-order chi connectivity index (χ0) is 15.3. The van der Waals surface area contributed by atoms with Gasteiger partial charge in [0.15, 0.2) is 0 Å². The van der Waals surface area contributed by atoms with E-state index in [4.69, 9.17) is 0 Å². The number of aliphatic hydroxyl groups is 1. The van der Waals surface area contributed by atoms with Crippen molar-refractivity contribution in [1.29, 1.82) is 0 Å². The molecule has 3 nitrogen and oxygen atoms in total. The van der Waals surface area contributed by atoms with Crippen molar-refractivity contribution in [2.75, 3.05) is 6.54 Å². The number of benzene rings is 1. The van der Waals surface area contributed by atoms with Crippen molar-refractivity contribution in [3.63, 3.8) is 0 Å². The summed E-state index contributed by atoms with van der Waals surface area (Å²) in [4.78, 5) is 13.0. The second kappa shape index (κ2) is 7.20.